The highest BCUT2D eigenvalue weighted by molar-refractivity contribution is 7.26. The van der Waals surface area contributed by atoms with E-state index in [0.29, 0.717) is 6.67 Å². The van der Waals surface area contributed by atoms with E-state index in [4.69, 9.17) is 9.72 Å². The molecule has 10 aromatic rings. The molecule has 11 rings (SSSR count). The highest BCUT2D eigenvalue weighted by atomic mass is 32.1. The summed E-state index contributed by atoms with van der Waals surface area (Å²) in [4.78, 5) is 9.88. The van der Waals surface area contributed by atoms with Gasteiger partial charge in [0.15, 0.2) is 0 Å². The number of fused-ring (bicyclic) bond motifs is 1. The van der Waals surface area contributed by atoms with Crippen molar-refractivity contribution in [2.45, 2.75) is 78.6 Å². The van der Waals surface area contributed by atoms with Crippen molar-refractivity contribution >= 4 is 65.3 Å². The van der Waals surface area contributed by atoms with Crippen LogP contribution in [-0.4, -0.2) is 16.2 Å². The van der Waals surface area contributed by atoms with Crippen molar-refractivity contribution in [1.29, 1.82) is 0 Å². The molecule has 0 amide bonds. The lowest BCUT2D eigenvalue weighted by Crippen LogP contribution is -2.25. The Labute approximate surface area is 392 Å². The van der Waals surface area contributed by atoms with Gasteiger partial charge in [-0.15, -0.1) is 11.3 Å². The molecule has 1 aliphatic heterocycles. The molecule has 4 heterocycles. The standard InChI is InChI=1S/C60H56N4OS/c1-58(2,3)40-28-29-61-54(33-40)64-50-26-17-27-52-55(50)56-51(64)35-45(36-53(56)66-52)65-44-21-15-20-43(34-44)62-37-63(49-25-14-13-24-48(49)62)57-46(38-18-11-10-12-19-38)22-16-23-47(57)39-30-41(59(4,5)6)32-42(31-39)60(7,8)9/h10-36H,37H2,1-9H3. The molecule has 0 bridgehead atoms. The molecule has 5 nitrogen and oxygen atoms in total. The van der Waals surface area contributed by atoms with Crippen molar-refractivity contribution in [2.24, 2.45) is 0 Å². The first kappa shape index (κ1) is 41.8. The Kier molecular flexibility index (Phi) is 9.72. The Morgan fingerprint density at radius 3 is 1.83 bits per heavy atom. The second-order valence-corrected chi connectivity index (χ2v) is 22.1. The molecule has 0 aliphatic carbocycles. The third-order valence-electron chi connectivity index (χ3n) is 13.3. The second-order valence-electron chi connectivity index (χ2n) is 21.0. The number of para-hydroxylation sites is 3. The van der Waals surface area contributed by atoms with Gasteiger partial charge in [0.25, 0.3) is 0 Å². The Balaban J connectivity index is 1.01. The lowest BCUT2D eigenvalue weighted by Gasteiger charge is -2.29. The van der Waals surface area contributed by atoms with Gasteiger partial charge in [0.1, 0.15) is 24.0 Å². The summed E-state index contributed by atoms with van der Waals surface area (Å²) >= 11 is 1.82. The first-order chi connectivity index (χ1) is 31.6. The highest BCUT2D eigenvalue weighted by Gasteiger charge is 2.32. The fourth-order valence-electron chi connectivity index (χ4n) is 9.73. The number of rotatable bonds is 7. The first-order valence-electron chi connectivity index (χ1n) is 23.1. The molecule has 6 heteroatoms. The van der Waals surface area contributed by atoms with E-state index < -0.39 is 0 Å². The van der Waals surface area contributed by atoms with Crippen LogP contribution in [0.4, 0.5) is 22.7 Å². The average Bonchev–Trinajstić information content (AvgIpc) is 3.98. The molecule has 328 valence electrons. The summed E-state index contributed by atoms with van der Waals surface area (Å²) in [5.74, 6) is 2.50. The third-order valence-corrected chi connectivity index (χ3v) is 14.4. The number of nitrogens with zero attached hydrogens (tertiary/aromatic N) is 4. The predicted molar refractivity (Wildman–Crippen MR) is 281 cm³/mol. The Morgan fingerprint density at radius 1 is 0.485 bits per heavy atom. The fourth-order valence-corrected chi connectivity index (χ4v) is 10.9. The number of thiophene rings is 1. The van der Waals surface area contributed by atoms with Gasteiger partial charge in [-0.25, -0.2) is 4.98 Å². The largest absolute Gasteiger partial charge is 0.457 e. The van der Waals surface area contributed by atoms with Crippen LogP contribution in [-0.2, 0) is 16.2 Å². The van der Waals surface area contributed by atoms with Crippen molar-refractivity contribution in [3.05, 3.63) is 181 Å². The SMILES string of the molecule is CC(C)(C)c1cc(-c2cccc(-c3ccccc3)c2N2CN(c3cccc(Oc4cc5sc6cccc7c6c5c(c4)n7-c4cc(C(C)(C)C)ccn4)c3)c3ccccc32)cc(C(C)(C)C)c1. The molecule has 0 radical (unpaired) electrons. The van der Waals surface area contributed by atoms with Crippen LogP contribution in [0, 0.1) is 0 Å². The number of anilines is 4. The van der Waals surface area contributed by atoms with E-state index in [0.717, 1.165) is 45.4 Å². The molecule has 0 saturated heterocycles. The van der Waals surface area contributed by atoms with Gasteiger partial charge >= 0.3 is 0 Å². The van der Waals surface area contributed by atoms with Gasteiger partial charge in [-0.1, -0.05) is 153 Å². The summed E-state index contributed by atoms with van der Waals surface area (Å²) in [6, 6.07) is 57.7. The maximum absolute atomic E-state index is 6.92. The molecule has 3 aromatic heterocycles. The van der Waals surface area contributed by atoms with Crippen molar-refractivity contribution in [3.63, 3.8) is 0 Å². The van der Waals surface area contributed by atoms with Gasteiger partial charge in [-0.05, 0) is 98.7 Å². The Morgan fingerprint density at radius 2 is 1.12 bits per heavy atom. The van der Waals surface area contributed by atoms with Crippen molar-refractivity contribution in [1.82, 2.24) is 9.55 Å². The number of benzene rings is 7. The minimum Gasteiger partial charge on any atom is -0.457 e. The average molecular weight is 881 g/mol. The van der Waals surface area contributed by atoms with Gasteiger partial charge in [0.05, 0.1) is 28.1 Å². The van der Waals surface area contributed by atoms with Crippen molar-refractivity contribution < 1.29 is 4.74 Å². The van der Waals surface area contributed by atoms with Crippen LogP contribution < -0.4 is 14.5 Å². The third kappa shape index (κ3) is 7.19. The minimum atomic E-state index is -0.0172. The Bertz CT molecular complexity index is 3420. The maximum Gasteiger partial charge on any atom is 0.137 e. The normalized spacial score (nSPS) is 13.4. The molecule has 0 N–H and O–H groups in total. The maximum atomic E-state index is 6.92. The van der Waals surface area contributed by atoms with Gasteiger partial charge in [-0.3, -0.25) is 4.57 Å². The zero-order valence-corrected chi connectivity index (χ0v) is 40.2. The summed E-state index contributed by atoms with van der Waals surface area (Å²) in [7, 11) is 0. The van der Waals surface area contributed by atoms with Gasteiger partial charge in [0, 0.05) is 55.3 Å². The van der Waals surface area contributed by atoms with E-state index in [1.807, 2.05) is 17.5 Å². The molecule has 0 saturated carbocycles. The van der Waals surface area contributed by atoms with E-state index in [2.05, 4.69) is 234 Å². The van der Waals surface area contributed by atoms with Crippen LogP contribution in [0.5, 0.6) is 11.5 Å². The van der Waals surface area contributed by atoms with E-state index in [1.54, 1.807) is 0 Å². The van der Waals surface area contributed by atoms with E-state index in [1.165, 1.54) is 64.8 Å². The minimum absolute atomic E-state index is 0.00631. The number of pyridine rings is 1. The molecule has 0 spiro atoms. The van der Waals surface area contributed by atoms with Crippen LogP contribution in [0.25, 0.3) is 59.3 Å². The van der Waals surface area contributed by atoms with Gasteiger partial charge in [0.2, 0.25) is 0 Å². The number of hydrogen-bond acceptors (Lipinski definition) is 5. The van der Waals surface area contributed by atoms with Crippen LogP contribution >= 0.6 is 11.3 Å². The van der Waals surface area contributed by atoms with Crippen LogP contribution in [0.3, 0.4) is 0 Å². The quantitative estimate of drug-likeness (QED) is 0.160. The van der Waals surface area contributed by atoms with Crippen LogP contribution in [0.1, 0.15) is 79.0 Å². The van der Waals surface area contributed by atoms with Crippen LogP contribution in [0.2, 0.25) is 0 Å². The predicted octanol–water partition coefficient (Wildman–Crippen LogP) is 17.1. The number of hydrogen-bond donors (Lipinski definition) is 0. The summed E-state index contributed by atoms with van der Waals surface area (Å²) < 4.78 is 11.7. The summed E-state index contributed by atoms with van der Waals surface area (Å²) in [6.07, 6.45) is 1.94. The molecule has 1 aliphatic rings. The zero-order chi connectivity index (χ0) is 45.7. The fraction of sp³-hybridized carbons (Fsp3) is 0.217. The Hall–Kier alpha value is -6.89. The zero-order valence-electron chi connectivity index (χ0n) is 39.4. The lowest BCUT2D eigenvalue weighted by atomic mass is 9.78. The van der Waals surface area contributed by atoms with E-state index >= 15 is 0 Å². The summed E-state index contributed by atoms with van der Waals surface area (Å²) in [6.45, 7) is 21.3. The molecule has 0 atom stereocenters. The molecular formula is C60H56N4OS. The molecule has 0 fully saturated rings. The monoisotopic (exact) mass is 880 g/mol. The first-order valence-corrected chi connectivity index (χ1v) is 23.9. The van der Waals surface area contributed by atoms with E-state index in [9.17, 15) is 0 Å². The van der Waals surface area contributed by atoms with E-state index in [-0.39, 0.29) is 16.2 Å². The van der Waals surface area contributed by atoms with Crippen molar-refractivity contribution in [3.8, 4) is 39.6 Å². The van der Waals surface area contributed by atoms with Crippen molar-refractivity contribution in [2.75, 3.05) is 16.5 Å². The smallest absolute Gasteiger partial charge is 0.137 e. The van der Waals surface area contributed by atoms with Crippen LogP contribution in [0.15, 0.2) is 164 Å². The number of aromatic nitrogens is 2. The topological polar surface area (TPSA) is 33.5 Å². The molecular weight excluding hydrogens is 825 g/mol. The molecule has 66 heavy (non-hydrogen) atoms. The summed E-state index contributed by atoms with van der Waals surface area (Å²) in [5.41, 5.74) is 15.6. The highest BCUT2D eigenvalue weighted by Crippen LogP contribution is 2.52. The lowest BCUT2D eigenvalue weighted by molar-refractivity contribution is 0.484. The summed E-state index contributed by atoms with van der Waals surface area (Å²) in [5, 5.41) is 2.55. The number of ether oxygens (including phenoxy) is 1. The van der Waals surface area contributed by atoms with Gasteiger partial charge < -0.3 is 14.5 Å². The molecule has 7 aromatic carbocycles. The molecule has 0 unspecified atom stereocenters. The van der Waals surface area contributed by atoms with Gasteiger partial charge in [-0.2, -0.15) is 0 Å². The second kappa shape index (κ2) is 15.4.